The summed E-state index contributed by atoms with van der Waals surface area (Å²) in [5.41, 5.74) is 1.91. The van der Waals surface area contributed by atoms with Crippen LogP contribution in [-0.2, 0) is 19.7 Å². The molecule has 1 rings (SSSR count). The van der Waals surface area contributed by atoms with Crippen LogP contribution in [0.25, 0.3) is 0 Å². The summed E-state index contributed by atoms with van der Waals surface area (Å²) in [5, 5.41) is 0. The van der Waals surface area contributed by atoms with E-state index in [1.54, 1.807) is 11.9 Å². The molecule has 4 heteroatoms. The van der Waals surface area contributed by atoms with Gasteiger partial charge in [-0.05, 0) is 17.9 Å². The third-order valence-corrected chi connectivity index (χ3v) is 3.44. The standard InChI is InChI=1S/C17H25NO3/c1-7-18(6)16(20)15(21-12(2)19)13-8-10-14(11-9-13)17(3,4)5/h8-11,15H,7H2,1-6H3. The molecular formula is C17H25NO3. The van der Waals surface area contributed by atoms with Gasteiger partial charge in [0, 0.05) is 26.1 Å². The molecule has 1 amide bonds. The first-order valence-electron chi connectivity index (χ1n) is 7.19. The summed E-state index contributed by atoms with van der Waals surface area (Å²) in [4.78, 5) is 25.2. The van der Waals surface area contributed by atoms with Gasteiger partial charge in [0.15, 0.2) is 0 Å². The van der Waals surface area contributed by atoms with Gasteiger partial charge in [0.05, 0.1) is 0 Å². The Morgan fingerprint density at radius 1 is 1.19 bits per heavy atom. The molecule has 1 aromatic carbocycles. The molecule has 0 heterocycles. The average molecular weight is 291 g/mol. The lowest BCUT2D eigenvalue weighted by atomic mass is 9.86. The fourth-order valence-electron chi connectivity index (χ4n) is 1.94. The molecule has 0 saturated heterocycles. The molecular weight excluding hydrogens is 266 g/mol. The highest BCUT2D eigenvalue weighted by molar-refractivity contribution is 5.84. The number of rotatable bonds is 4. The third kappa shape index (κ3) is 4.59. The van der Waals surface area contributed by atoms with Crippen molar-refractivity contribution < 1.29 is 14.3 Å². The molecule has 0 radical (unpaired) electrons. The number of benzene rings is 1. The number of likely N-dealkylation sites (N-methyl/N-ethyl adjacent to an activating group) is 1. The van der Waals surface area contributed by atoms with Crippen LogP contribution >= 0.6 is 0 Å². The number of hydrogen-bond acceptors (Lipinski definition) is 3. The zero-order chi connectivity index (χ0) is 16.2. The summed E-state index contributed by atoms with van der Waals surface area (Å²) in [6.45, 7) is 10.1. The predicted molar refractivity (Wildman–Crippen MR) is 83.0 cm³/mol. The summed E-state index contributed by atoms with van der Waals surface area (Å²) in [6, 6.07) is 7.67. The van der Waals surface area contributed by atoms with E-state index in [1.165, 1.54) is 12.5 Å². The first-order valence-corrected chi connectivity index (χ1v) is 7.19. The molecule has 1 aromatic rings. The van der Waals surface area contributed by atoms with Crippen LogP contribution in [0.2, 0.25) is 0 Å². The zero-order valence-corrected chi connectivity index (χ0v) is 13.8. The number of nitrogens with zero attached hydrogens (tertiary/aromatic N) is 1. The second-order valence-corrected chi connectivity index (χ2v) is 6.21. The molecule has 0 bridgehead atoms. The summed E-state index contributed by atoms with van der Waals surface area (Å²) >= 11 is 0. The van der Waals surface area contributed by atoms with Crippen LogP contribution in [0.3, 0.4) is 0 Å². The van der Waals surface area contributed by atoms with Crippen LogP contribution in [0, 0.1) is 0 Å². The lowest BCUT2D eigenvalue weighted by Crippen LogP contribution is -2.33. The highest BCUT2D eigenvalue weighted by Gasteiger charge is 2.26. The smallest absolute Gasteiger partial charge is 0.303 e. The summed E-state index contributed by atoms with van der Waals surface area (Å²) in [7, 11) is 1.70. The maximum Gasteiger partial charge on any atom is 0.303 e. The van der Waals surface area contributed by atoms with E-state index in [1.807, 2.05) is 31.2 Å². The van der Waals surface area contributed by atoms with E-state index in [0.29, 0.717) is 12.1 Å². The third-order valence-electron chi connectivity index (χ3n) is 3.44. The van der Waals surface area contributed by atoms with Crippen LogP contribution < -0.4 is 0 Å². The van der Waals surface area contributed by atoms with Crippen molar-refractivity contribution in [1.82, 2.24) is 4.90 Å². The molecule has 0 aliphatic carbocycles. The first kappa shape index (κ1) is 17.2. The molecule has 4 nitrogen and oxygen atoms in total. The van der Waals surface area contributed by atoms with Crippen molar-refractivity contribution >= 4 is 11.9 Å². The highest BCUT2D eigenvalue weighted by Crippen LogP contribution is 2.26. The number of carbonyl (C=O) groups excluding carboxylic acids is 2. The Kier molecular flexibility index (Phi) is 5.53. The van der Waals surface area contributed by atoms with Gasteiger partial charge in [-0.25, -0.2) is 0 Å². The van der Waals surface area contributed by atoms with Crippen molar-refractivity contribution in [3.63, 3.8) is 0 Å². The second kappa shape index (κ2) is 6.74. The Morgan fingerprint density at radius 2 is 1.71 bits per heavy atom. The summed E-state index contributed by atoms with van der Waals surface area (Å²) in [5.74, 6) is -0.672. The van der Waals surface area contributed by atoms with E-state index in [0.717, 1.165) is 0 Å². The summed E-state index contributed by atoms with van der Waals surface area (Å²) in [6.07, 6.45) is -0.874. The van der Waals surface area contributed by atoms with Crippen molar-refractivity contribution in [2.24, 2.45) is 0 Å². The Hall–Kier alpha value is -1.84. The normalized spacial score (nSPS) is 12.7. The fraction of sp³-hybridized carbons (Fsp3) is 0.529. The van der Waals surface area contributed by atoms with Crippen molar-refractivity contribution in [3.8, 4) is 0 Å². The molecule has 0 fully saturated rings. The fourth-order valence-corrected chi connectivity index (χ4v) is 1.94. The van der Waals surface area contributed by atoms with Gasteiger partial charge in [-0.3, -0.25) is 9.59 Å². The number of carbonyl (C=O) groups is 2. The Labute approximate surface area is 127 Å². The van der Waals surface area contributed by atoms with E-state index in [9.17, 15) is 9.59 Å². The average Bonchev–Trinajstić information content (AvgIpc) is 2.42. The van der Waals surface area contributed by atoms with Crippen LogP contribution in [-0.4, -0.2) is 30.4 Å². The molecule has 1 atom stereocenters. The highest BCUT2D eigenvalue weighted by atomic mass is 16.5. The minimum Gasteiger partial charge on any atom is -0.447 e. The van der Waals surface area contributed by atoms with Crippen molar-refractivity contribution in [1.29, 1.82) is 0 Å². The molecule has 0 saturated carbocycles. The number of hydrogen-bond donors (Lipinski definition) is 0. The van der Waals surface area contributed by atoms with Gasteiger partial charge in [-0.2, -0.15) is 0 Å². The van der Waals surface area contributed by atoms with Crippen molar-refractivity contribution in [2.75, 3.05) is 13.6 Å². The number of esters is 1. The SMILES string of the molecule is CCN(C)C(=O)C(OC(C)=O)c1ccc(C(C)(C)C)cc1. The topological polar surface area (TPSA) is 46.6 Å². The van der Waals surface area contributed by atoms with Gasteiger partial charge >= 0.3 is 5.97 Å². The maximum absolute atomic E-state index is 12.3. The van der Waals surface area contributed by atoms with E-state index in [-0.39, 0.29) is 11.3 Å². The molecule has 21 heavy (non-hydrogen) atoms. The first-order chi connectivity index (χ1) is 9.66. The second-order valence-electron chi connectivity index (χ2n) is 6.21. The molecule has 0 aliphatic heterocycles. The van der Waals surface area contributed by atoms with E-state index < -0.39 is 12.1 Å². The number of amides is 1. The van der Waals surface area contributed by atoms with E-state index in [4.69, 9.17) is 4.74 Å². The quantitative estimate of drug-likeness (QED) is 0.801. The van der Waals surface area contributed by atoms with Crippen LogP contribution in [0.4, 0.5) is 0 Å². The van der Waals surface area contributed by atoms with Gasteiger partial charge in [0.2, 0.25) is 6.10 Å². The minimum atomic E-state index is -0.874. The Balaban J connectivity index is 3.09. The van der Waals surface area contributed by atoms with E-state index in [2.05, 4.69) is 20.8 Å². The van der Waals surface area contributed by atoms with Gasteiger partial charge in [0.1, 0.15) is 0 Å². The lowest BCUT2D eigenvalue weighted by molar-refractivity contribution is -0.158. The molecule has 0 N–H and O–H groups in total. The summed E-state index contributed by atoms with van der Waals surface area (Å²) < 4.78 is 5.22. The van der Waals surface area contributed by atoms with Gasteiger partial charge in [0.25, 0.3) is 5.91 Å². The minimum absolute atomic E-state index is 0.0413. The zero-order valence-electron chi connectivity index (χ0n) is 13.8. The van der Waals surface area contributed by atoms with Gasteiger partial charge in [-0.15, -0.1) is 0 Å². The predicted octanol–water partition coefficient (Wildman–Crippen LogP) is 3.07. The molecule has 116 valence electrons. The van der Waals surface area contributed by atoms with Gasteiger partial charge < -0.3 is 9.64 Å². The Bertz CT molecular complexity index is 500. The van der Waals surface area contributed by atoms with Crippen LogP contribution in [0.15, 0.2) is 24.3 Å². The Morgan fingerprint density at radius 3 is 2.10 bits per heavy atom. The van der Waals surface area contributed by atoms with E-state index >= 15 is 0 Å². The van der Waals surface area contributed by atoms with Crippen LogP contribution in [0.5, 0.6) is 0 Å². The molecule has 1 unspecified atom stereocenters. The molecule has 0 aromatic heterocycles. The molecule has 0 spiro atoms. The van der Waals surface area contributed by atoms with Crippen molar-refractivity contribution in [2.45, 2.75) is 46.1 Å². The monoisotopic (exact) mass is 291 g/mol. The number of ether oxygens (including phenoxy) is 1. The van der Waals surface area contributed by atoms with Gasteiger partial charge in [-0.1, -0.05) is 45.0 Å². The largest absolute Gasteiger partial charge is 0.447 e. The molecule has 0 aliphatic rings. The maximum atomic E-state index is 12.3. The van der Waals surface area contributed by atoms with Crippen molar-refractivity contribution in [3.05, 3.63) is 35.4 Å². The lowest BCUT2D eigenvalue weighted by Gasteiger charge is -2.24. The van der Waals surface area contributed by atoms with Crippen LogP contribution in [0.1, 0.15) is 51.8 Å².